The highest BCUT2D eigenvalue weighted by Gasteiger charge is 2.13. The van der Waals surface area contributed by atoms with Gasteiger partial charge >= 0.3 is 0 Å². The maximum Gasteiger partial charge on any atom is 0.273 e. The third-order valence-electron chi connectivity index (χ3n) is 2.90. The molecule has 0 radical (unpaired) electrons. The van der Waals surface area contributed by atoms with E-state index < -0.39 is 4.92 Å². The zero-order valence-corrected chi connectivity index (χ0v) is 12.1. The summed E-state index contributed by atoms with van der Waals surface area (Å²) in [6.07, 6.45) is 0.944. The lowest BCUT2D eigenvalue weighted by molar-refractivity contribution is -0.384. The van der Waals surface area contributed by atoms with Crippen LogP contribution in [0.5, 0.6) is 0 Å². The summed E-state index contributed by atoms with van der Waals surface area (Å²) in [6, 6.07) is 7.09. The number of nitrogens with one attached hydrogen (secondary N) is 1. The quantitative estimate of drug-likeness (QED) is 0.611. The van der Waals surface area contributed by atoms with Crippen LogP contribution in [0.4, 0.5) is 17.1 Å². The van der Waals surface area contributed by atoms with Crippen LogP contribution in [0.15, 0.2) is 18.2 Å². The fraction of sp³-hybridized carbons (Fsp3) is 0.500. The van der Waals surface area contributed by atoms with Gasteiger partial charge in [0.05, 0.1) is 16.9 Å². The van der Waals surface area contributed by atoms with Crippen molar-refractivity contribution < 1.29 is 4.92 Å². The molecule has 1 N–H and O–H groups in total. The first-order valence-electron chi connectivity index (χ1n) is 6.62. The van der Waals surface area contributed by atoms with E-state index in [9.17, 15) is 10.1 Å². The molecule has 0 aliphatic rings. The van der Waals surface area contributed by atoms with E-state index in [0.717, 1.165) is 24.3 Å². The number of rotatable bonds is 7. The van der Waals surface area contributed by atoms with Gasteiger partial charge in [-0.1, -0.05) is 6.92 Å². The fourth-order valence-electron chi connectivity index (χ4n) is 1.85. The zero-order valence-electron chi connectivity index (χ0n) is 12.1. The van der Waals surface area contributed by atoms with Crippen molar-refractivity contribution in [2.75, 3.05) is 30.4 Å². The Balaban J connectivity index is 3.02. The second-order valence-electron chi connectivity index (χ2n) is 4.83. The summed E-state index contributed by atoms with van der Waals surface area (Å²) < 4.78 is 0. The minimum atomic E-state index is -0.401. The number of hydrogen-bond acceptors (Lipinski definition) is 5. The number of nitro benzene ring substituents is 1. The average Bonchev–Trinajstić information content (AvgIpc) is 2.44. The summed E-state index contributed by atoms with van der Waals surface area (Å²) >= 11 is 0. The number of non-ortho nitro benzene ring substituents is 1. The molecule has 0 bridgehead atoms. The van der Waals surface area contributed by atoms with Gasteiger partial charge in [-0.2, -0.15) is 5.26 Å². The summed E-state index contributed by atoms with van der Waals surface area (Å²) in [5.74, 6) is -0.133. The predicted octanol–water partition coefficient (Wildman–Crippen LogP) is 3.01. The number of benzene rings is 1. The van der Waals surface area contributed by atoms with Gasteiger partial charge in [0, 0.05) is 43.6 Å². The smallest absolute Gasteiger partial charge is 0.273 e. The molecular weight excluding hydrogens is 256 g/mol. The highest BCUT2D eigenvalue weighted by molar-refractivity contribution is 5.64. The van der Waals surface area contributed by atoms with E-state index in [0.29, 0.717) is 6.54 Å². The molecule has 6 nitrogen and oxygen atoms in total. The molecule has 0 aliphatic carbocycles. The molecule has 1 aromatic rings. The third kappa shape index (κ3) is 4.43. The number of nitrogens with zero attached hydrogens (tertiary/aromatic N) is 3. The molecule has 1 unspecified atom stereocenters. The van der Waals surface area contributed by atoms with Gasteiger partial charge in [-0.05, 0) is 19.4 Å². The van der Waals surface area contributed by atoms with Crippen LogP contribution in [-0.4, -0.2) is 25.1 Å². The summed E-state index contributed by atoms with van der Waals surface area (Å²) in [4.78, 5) is 12.4. The van der Waals surface area contributed by atoms with Crippen LogP contribution >= 0.6 is 0 Å². The van der Waals surface area contributed by atoms with Crippen LogP contribution in [0, 0.1) is 27.4 Å². The second kappa shape index (κ2) is 7.34. The fourth-order valence-corrected chi connectivity index (χ4v) is 1.85. The van der Waals surface area contributed by atoms with Crippen molar-refractivity contribution in [3.05, 3.63) is 28.3 Å². The molecule has 1 aromatic carbocycles. The Bertz CT molecular complexity index is 510. The van der Waals surface area contributed by atoms with E-state index in [4.69, 9.17) is 5.26 Å². The monoisotopic (exact) mass is 276 g/mol. The zero-order chi connectivity index (χ0) is 15.1. The summed E-state index contributed by atoms with van der Waals surface area (Å²) in [5, 5.41) is 23.0. The SMILES string of the molecule is CCCNc1cc(N(C)CC(C)C#N)cc([N+](=O)[O-])c1. The Morgan fingerprint density at radius 2 is 2.20 bits per heavy atom. The van der Waals surface area contributed by atoms with Crippen molar-refractivity contribution >= 4 is 17.1 Å². The van der Waals surface area contributed by atoms with E-state index >= 15 is 0 Å². The standard InChI is InChI=1S/C14H20N4O2/c1-4-5-16-12-6-13(8-14(7-12)18(19)20)17(3)10-11(2)9-15/h6-8,11,16H,4-5,10H2,1-3H3. The largest absolute Gasteiger partial charge is 0.385 e. The number of nitro groups is 1. The first-order chi connectivity index (χ1) is 9.47. The number of hydrogen-bond donors (Lipinski definition) is 1. The average molecular weight is 276 g/mol. The molecule has 1 rings (SSSR count). The van der Waals surface area contributed by atoms with Crippen LogP contribution in [-0.2, 0) is 0 Å². The molecule has 1 atom stereocenters. The van der Waals surface area contributed by atoms with E-state index in [1.165, 1.54) is 12.1 Å². The van der Waals surface area contributed by atoms with Crippen LogP contribution < -0.4 is 10.2 Å². The van der Waals surface area contributed by atoms with E-state index in [1.54, 1.807) is 0 Å². The van der Waals surface area contributed by atoms with Crippen molar-refractivity contribution in [3.8, 4) is 6.07 Å². The Labute approximate surface area is 119 Å². The summed E-state index contributed by atoms with van der Waals surface area (Å²) in [7, 11) is 1.83. The molecule has 0 fully saturated rings. The summed E-state index contributed by atoms with van der Waals surface area (Å²) in [6.45, 7) is 5.15. The van der Waals surface area contributed by atoms with Gasteiger partial charge in [0.25, 0.3) is 5.69 Å². The van der Waals surface area contributed by atoms with Crippen LogP contribution in [0.3, 0.4) is 0 Å². The maximum absolute atomic E-state index is 11.0. The summed E-state index contributed by atoms with van der Waals surface area (Å²) in [5.41, 5.74) is 1.52. The Hall–Kier alpha value is -2.29. The molecular formula is C14H20N4O2. The predicted molar refractivity (Wildman–Crippen MR) is 79.9 cm³/mol. The van der Waals surface area contributed by atoms with Crippen LogP contribution in [0.25, 0.3) is 0 Å². The molecule has 0 saturated heterocycles. The van der Waals surface area contributed by atoms with Crippen LogP contribution in [0.1, 0.15) is 20.3 Å². The first kappa shape index (κ1) is 15.8. The Morgan fingerprint density at radius 3 is 2.75 bits per heavy atom. The van der Waals surface area contributed by atoms with Crippen molar-refractivity contribution in [2.24, 2.45) is 5.92 Å². The first-order valence-corrected chi connectivity index (χ1v) is 6.62. The molecule has 108 valence electrons. The highest BCUT2D eigenvalue weighted by Crippen LogP contribution is 2.27. The third-order valence-corrected chi connectivity index (χ3v) is 2.90. The molecule has 0 spiro atoms. The molecule has 0 aliphatic heterocycles. The molecule has 6 heteroatoms. The van der Waals surface area contributed by atoms with Crippen molar-refractivity contribution in [2.45, 2.75) is 20.3 Å². The Morgan fingerprint density at radius 1 is 1.50 bits per heavy atom. The van der Waals surface area contributed by atoms with Crippen molar-refractivity contribution in [1.82, 2.24) is 0 Å². The molecule has 0 amide bonds. The molecule has 20 heavy (non-hydrogen) atoms. The van der Waals surface area contributed by atoms with Gasteiger partial charge in [0.2, 0.25) is 0 Å². The van der Waals surface area contributed by atoms with Crippen molar-refractivity contribution in [1.29, 1.82) is 5.26 Å². The van der Waals surface area contributed by atoms with Gasteiger partial charge in [-0.15, -0.1) is 0 Å². The Kier molecular flexibility index (Phi) is 5.78. The topological polar surface area (TPSA) is 82.2 Å². The lowest BCUT2D eigenvalue weighted by Gasteiger charge is -2.21. The second-order valence-corrected chi connectivity index (χ2v) is 4.83. The van der Waals surface area contributed by atoms with E-state index in [-0.39, 0.29) is 11.6 Å². The van der Waals surface area contributed by atoms with Crippen LogP contribution in [0.2, 0.25) is 0 Å². The molecule has 0 heterocycles. The lowest BCUT2D eigenvalue weighted by Crippen LogP contribution is -2.23. The maximum atomic E-state index is 11.0. The lowest BCUT2D eigenvalue weighted by atomic mass is 10.1. The normalized spacial score (nSPS) is 11.5. The highest BCUT2D eigenvalue weighted by atomic mass is 16.6. The number of anilines is 2. The number of nitriles is 1. The molecule has 0 aromatic heterocycles. The van der Waals surface area contributed by atoms with E-state index in [1.807, 2.05) is 31.9 Å². The van der Waals surface area contributed by atoms with Gasteiger partial charge < -0.3 is 10.2 Å². The minimum Gasteiger partial charge on any atom is -0.385 e. The van der Waals surface area contributed by atoms with Crippen molar-refractivity contribution in [3.63, 3.8) is 0 Å². The van der Waals surface area contributed by atoms with E-state index in [2.05, 4.69) is 11.4 Å². The molecule has 0 saturated carbocycles. The minimum absolute atomic E-state index is 0.0533. The van der Waals surface area contributed by atoms with Gasteiger partial charge in [-0.25, -0.2) is 0 Å². The van der Waals surface area contributed by atoms with Gasteiger partial charge in [-0.3, -0.25) is 10.1 Å². The van der Waals surface area contributed by atoms with Gasteiger partial charge in [0.1, 0.15) is 0 Å². The van der Waals surface area contributed by atoms with Gasteiger partial charge in [0.15, 0.2) is 0 Å².